The normalized spacial score (nSPS) is 22.8. The minimum absolute atomic E-state index is 0. The summed E-state index contributed by atoms with van der Waals surface area (Å²) in [6, 6.07) is 3.29. The van der Waals surface area contributed by atoms with E-state index in [1.807, 2.05) is 4.98 Å². The zero-order valence-electron chi connectivity index (χ0n) is 28.5. The number of aliphatic hydroxyl groups excluding tert-OH is 5. The van der Waals surface area contributed by atoms with E-state index >= 15 is 0 Å². The second-order valence-corrected chi connectivity index (χ2v) is 15.1. The van der Waals surface area contributed by atoms with Gasteiger partial charge in [-0.05, 0) is 37.1 Å². The van der Waals surface area contributed by atoms with Gasteiger partial charge in [-0.15, -0.1) is 0 Å². The molecule has 2 aromatic heterocycles. The summed E-state index contributed by atoms with van der Waals surface area (Å²) < 4.78 is 46.6. The standard InChI is InChI=1S/C27H33N9O15P2.Na/c1-10-3-12-13(4-11(10)2)35(24-18(32-12)25(42)34-27(43)33-24)5-14(37)19(39)15(38)6-48-52(44,45)51-53(46,47)49-7-16-20(40)21(41)26(50-16)36-9-31-17-22(28)29-8-30-23(17)36;/h3-4,8-9,14-16,19-21,26,37-41H,5-7H2,1-2H3,(H,44,45)(H,46,47)(H2,28,29,30)(H,34,42,43);. The molecule has 3 aliphatic heterocycles. The van der Waals surface area contributed by atoms with E-state index in [9.17, 15) is 54.0 Å². The molecule has 0 spiro atoms. The van der Waals surface area contributed by atoms with E-state index in [1.165, 1.54) is 15.5 Å². The van der Waals surface area contributed by atoms with E-state index in [-0.39, 0.29) is 63.6 Å². The number of rotatable bonds is 13. The molecule has 27 heteroatoms. The summed E-state index contributed by atoms with van der Waals surface area (Å²) >= 11 is 0. The Labute approximate surface area is 324 Å². The summed E-state index contributed by atoms with van der Waals surface area (Å²) in [4.78, 5) is 66.6. The molecule has 1 fully saturated rings. The van der Waals surface area contributed by atoms with E-state index in [4.69, 9.17) is 15.0 Å². The van der Waals surface area contributed by atoms with Crippen molar-refractivity contribution in [3.63, 3.8) is 0 Å². The van der Waals surface area contributed by atoms with Crippen molar-refractivity contribution < 1.29 is 62.5 Å². The zero-order valence-corrected chi connectivity index (χ0v) is 32.3. The Morgan fingerprint density at radius 3 is 2.39 bits per heavy atom. The average Bonchev–Trinajstić information content (AvgIpc) is 3.63. The molecule has 0 saturated carbocycles. The molecule has 9 atom stereocenters. The van der Waals surface area contributed by atoms with Gasteiger partial charge in [-0.25, -0.2) is 33.9 Å². The Morgan fingerprint density at radius 1 is 0.981 bits per heavy atom. The number of imidazole rings is 1. The number of phosphoric ester groups is 2. The molecular weight excluding hydrogens is 775 g/mol. The molecule has 5 heterocycles. The average molecular weight is 809 g/mol. The molecule has 3 aromatic rings. The maximum atomic E-state index is 12.5. The van der Waals surface area contributed by atoms with Crippen LogP contribution in [0.1, 0.15) is 17.4 Å². The van der Waals surface area contributed by atoms with Gasteiger partial charge in [0.2, 0.25) is 0 Å². The molecule has 10 N–H and O–H groups in total. The van der Waals surface area contributed by atoms with E-state index in [1.54, 1.807) is 26.0 Å². The third kappa shape index (κ3) is 8.64. The number of ether oxygens (including phenoxy) is 1. The molecule has 9 unspecified atom stereocenters. The first-order valence-electron chi connectivity index (χ1n) is 15.4. The summed E-state index contributed by atoms with van der Waals surface area (Å²) in [5, 5.41) is 53.0. The number of aryl methyl sites for hydroxylation is 2. The van der Waals surface area contributed by atoms with Crippen LogP contribution in [0.15, 0.2) is 34.4 Å². The number of hydrogen-bond acceptors (Lipinski definition) is 19. The number of hydrogen-bond donors (Lipinski definition) is 9. The Bertz CT molecular complexity index is 2360. The third-order valence-corrected chi connectivity index (χ3v) is 11.0. The molecule has 1 saturated heterocycles. The van der Waals surface area contributed by atoms with Gasteiger partial charge in [0, 0.05) is 29.6 Å². The van der Waals surface area contributed by atoms with Gasteiger partial charge >= 0.3 is 21.3 Å². The fourth-order valence-electron chi connectivity index (χ4n) is 5.55. The first-order chi connectivity index (χ1) is 24.9. The monoisotopic (exact) mass is 808 g/mol. The Morgan fingerprint density at radius 2 is 1.67 bits per heavy atom. The first kappa shape index (κ1) is 42.0. The van der Waals surface area contributed by atoms with Crippen molar-refractivity contribution in [1.82, 2.24) is 39.0 Å². The molecule has 1 aromatic carbocycles. The largest absolute Gasteiger partial charge is 0.481 e. The van der Waals surface area contributed by atoms with Gasteiger partial charge in [0.05, 0.1) is 37.1 Å². The number of nitrogens with zero attached hydrogens (tertiary/aromatic N) is 7. The number of aromatic nitrogens is 8. The number of nitrogen functional groups attached to an aromatic ring is 1. The van der Waals surface area contributed by atoms with Gasteiger partial charge in [-0.1, -0.05) is 0 Å². The van der Waals surface area contributed by atoms with Crippen molar-refractivity contribution in [3.05, 3.63) is 56.8 Å². The maximum absolute atomic E-state index is 12.5. The SMILES string of the molecule is Cc1cc2nc3c(=O)[nH]c(=O)nc-3n(CC(O)C(O)C(O)COP(=O)(O)OP(=O)(O)OCC3OC(n4cnc5c(N)ncnc54)C(O)C3O)c2cc1C.[Na]. The van der Waals surface area contributed by atoms with Crippen LogP contribution in [0.25, 0.3) is 33.7 Å². The second-order valence-electron chi connectivity index (χ2n) is 12.1. The summed E-state index contributed by atoms with van der Waals surface area (Å²) in [6.07, 6.45) is -9.93. The number of aliphatic hydroxyl groups is 5. The molecule has 0 amide bonds. The van der Waals surface area contributed by atoms with Crippen LogP contribution in [0.2, 0.25) is 0 Å². The van der Waals surface area contributed by atoms with Crippen molar-refractivity contribution in [2.45, 2.75) is 63.2 Å². The smallest absolute Gasteiger partial charge is 0.388 e. The van der Waals surface area contributed by atoms with E-state index in [0.29, 0.717) is 5.52 Å². The number of aromatic amines is 1. The van der Waals surface area contributed by atoms with Gasteiger partial charge in [-0.3, -0.25) is 23.4 Å². The number of benzene rings is 1. The van der Waals surface area contributed by atoms with Crippen LogP contribution in [0.5, 0.6) is 0 Å². The van der Waals surface area contributed by atoms with E-state index < -0.39 is 89.5 Å². The molecule has 1 radical (unpaired) electrons. The fraction of sp³-hybridized carbons (Fsp3) is 0.444. The molecule has 0 aliphatic carbocycles. The molecular formula is C27H33N9NaO15P2. The van der Waals surface area contributed by atoms with Crippen LogP contribution in [-0.4, -0.2) is 154 Å². The number of fused-ring (bicyclic) bond motifs is 3. The molecule has 6 rings (SSSR count). The number of H-pyrrole nitrogens is 1. The van der Waals surface area contributed by atoms with Crippen LogP contribution in [-0.2, 0) is 33.8 Å². The molecule has 3 aliphatic rings. The quantitative estimate of drug-likeness (QED) is 0.0329. The summed E-state index contributed by atoms with van der Waals surface area (Å²) in [6.45, 7) is 0.795. The number of nitrogens with two attached hydrogens (primary N) is 1. The summed E-state index contributed by atoms with van der Waals surface area (Å²) in [5.41, 5.74) is 6.11. The number of anilines is 1. The van der Waals surface area contributed by atoms with Crippen LogP contribution < -0.4 is 17.0 Å². The zero-order chi connectivity index (χ0) is 38.6. The topological polar surface area (TPSA) is 363 Å². The number of nitrogens with one attached hydrogen (secondary N) is 1. The summed E-state index contributed by atoms with van der Waals surface area (Å²) in [5.74, 6) is -0.212. The van der Waals surface area contributed by atoms with Crippen LogP contribution in [0, 0.1) is 13.8 Å². The van der Waals surface area contributed by atoms with Crippen LogP contribution in [0.3, 0.4) is 0 Å². The maximum Gasteiger partial charge on any atom is 0.481 e. The van der Waals surface area contributed by atoms with Gasteiger partial charge in [0.1, 0.15) is 48.5 Å². The fourth-order valence-corrected chi connectivity index (χ4v) is 7.65. The predicted octanol–water partition coefficient (Wildman–Crippen LogP) is -2.80. The Kier molecular flexibility index (Phi) is 12.6. The van der Waals surface area contributed by atoms with Gasteiger partial charge in [0.25, 0.3) is 5.56 Å². The van der Waals surface area contributed by atoms with Gasteiger partial charge in [-0.2, -0.15) is 9.29 Å². The molecule has 0 bridgehead atoms. The van der Waals surface area contributed by atoms with Crippen molar-refractivity contribution in [3.8, 4) is 11.5 Å². The van der Waals surface area contributed by atoms with Crippen molar-refractivity contribution in [2.24, 2.45) is 0 Å². The summed E-state index contributed by atoms with van der Waals surface area (Å²) in [7, 11) is -11.0. The van der Waals surface area contributed by atoms with E-state index in [2.05, 4.69) is 33.8 Å². The van der Waals surface area contributed by atoms with Crippen molar-refractivity contribution >= 4 is 73.2 Å². The third-order valence-electron chi connectivity index (χ3n) is 8.40. The van der Waals surface area contributed by atoms with E-state index in [0.717, 1.165) is 17.5 Å². The van der Waals surface area contributed by atoms with Crippen LogP contribution >= 0.6 is 15.6 Å². The Hall–Kier alpha value is -3.13. The van der Waals surface area contributed by atoms with Crippen molar-refractivity contribution in [2.75, 3.05) is 18.9 Å². The second kappa shape index (κ2) is 16.2. The Balaban J connectivity index is 0.00000561. The van der Waals surface area contributed by atoms with Crippen LogP contribution in [0.4, 0.5) is 5.82 Å². The van der Waals surface area contributed by atoms with Gasteiger partial charge < -0.3 is 50.4 Å². The minimum Gasteiger partial charge on any atom is -0.388 e. The van der Waals surface area contributed by atoms with Crippen molar-refractivity contribution in [1.29, 1.82) is 0 Å². The minimum atomic E-state index is -5.54. The predicted molar refractivity (Wildman–Crippen MR) is 183 cm³/mol. The molecule has 54 heavy (non-hydrogen) atoms. The number of phosphoric acid groups is 2. The first-order valence-corrected chi connectivity index (χ1v) is 18.4. The molecule has 287 valence electrons. The molecule has 24 nitrogen and oxygen atoms in total. The van der Waals surface area contributed by atoms with Gasteiger partial charge in [0.15, 0.2) is 29.2 Å².